The van der Waals surface area contributed by atoms with Gasteiger partial charge in [0.25, 0.3) is 0 Å². The highest BCUT2D eigenvalue weighted by Gasteiger charge is 1.97. The molecule has 0 saturated carbocycles. The van der Waals surface area contributed by atoms with Crippen LogP contribution in [0.5, 0.6) is 5.75 Å². The minimum Gasteiger partial charge on any atom is -0.508 e. The summed E-state index contributed by atoms with van der Waals surface area (Å²) in [7, 11) is 1.63. The van der Waals surface area contributed by atoms with Crippen molar-refractivity contribution in [3.63, 3.8) is 0 Å². The summed E-state index contributed by atoms with van der Waals surface area (Å²) in [5.41, 5.74) is -0.0741. The molecule has 110 valence electrons. The molecule has 0 aliphatic carbocycles. The smallest absolute Gasteiger partial charge is 0.130 e. The Labute approximate surface area is 133 Å². The Morgan fingerprint density at radius 1 is 1.17 bits per heavy atom. The molecule has 0 bridgehead atoms. The van der Waals surface area contributed by atoms with Crippen LogP contribution in [-0.4, -0.2) is 17.8 Å². The molecule has 1 atom stereocenters. The lowest BCUT2D eigenvalue weighted by Crippen LogP contribution is -1.99. The molecule has 0 saturated heterocycles. The number of alkyl halides is 1. The number of halogens is 4. The summed E-state index contributed by atoms with van der Waals surface area (Å²) in [6.45, 7) is 2.14. The standard InChI is InChI=1S/C6H13ClO.C6H6O.3ClH/c1-3-4-5-6(7)8-2;7-6-4-2-1-3-5-6;;;/h6H,3-5H2,1-2H3;1-5,7H;3*1H. The Balaban J connectivity index is -0.0000000935. The van der Waals surface area contributed by atoms with Gasteiger partial charge in [-0.1, -0.05) is 43.1 Å². The molecule has 1 N–H and O–H groups in total. The number of para-hydroxylation sites is 1. The normalized spacial score (nSPS) is 9.50. The van der Waals surface area contributed by atoms with Gasteiger partial charge in [-0.15, -0.1) is 37.2 Å². The second-order valence-corrected chi connectivity index (χ2v) is 3.61. The van der Waals surface area contributed by atoms with Gasteiger partial charge in [-0.2, -0.15) is 0 Å². The van der Waals surface area contributed by atoms with Crippen LogP contribution in [-0.2, 0) is 4.74 Å². The van der Waals surface area contributed by atoms with Crippen LogP contribution in [0, 0.1) is 0 Å². The maximum absolute atomic E-state index is 8.63. The van der Waals surface area contributed by atoms with Crippen molar-refractivity contribution in [2.45, 2.75) is 31.7 Å². The molecule has 6 heteroatoms. The van der Waals surface area contributed by atoms with E-state index in [1.165, 1.54) is 6.42 Å². The van der Waals surface area contributed by atoms with Crippen LogP contribution in [0.2, 0.25) is 0 Å². The number of unbranched alkanes of at least 4 members (excludes halogenated alkanes) is 1. The van der Waals surface area contributed by atoms with Gasteiger partial charge in [-0.25, -0.2) is 0 Å². The highest BCUT2D eigenvalue weighted by Crippen LogP contribution is 2.06. The average molecular weight is 340 g/mol. The van der Waals surface area contributed by atoms with E-state index in [0.717, 1.165) is 12.8 Å². The Kier molecular flexibility index (Phi) is 28.8. The minimum atomic E-state index is -0.0741. The number of benzene rings is 1. The van der Waals surface area contributed by atoms with E-state index in [4.69, 9.17) is 21.4 Å². The maximum atomic E-state index is 8.63. The largest absolute Gasteiger partial charge is 0.508 e. The number of hydrogen-bond acceptors (Lipinski definition) is 2. The monoisotopic (exact) mass is 338 g/mol. The van der Waals surface area contributed by atoms with Crippen molar-refractivity contribution < 1.29 is 9.84 Å². The second-order valence-electron chi connectivity index (χ2n) is 3.12. The number of methoxy groups -OCH3 is 1. The van der Waals surface area contributed by atoms with Crippen molar-refractivity contribution in [3.05, 3.63) is 30.3 Å². The molecule has 0 radical (unpaired) electrons. The zero-order valence-electron chi connectivity index (χ0n) is 10.5. The van der Waals surface area contributed by atoms with E-state index < -0.39 is 0 Å². The lowest BCUT2D eigenvalue weighted by Gasteiger charge is -2.03. The Bertz CT molecular complexity index is 235. The number of hydrogen-bond donors (Lipinski definition) is 1. The van der Waals surface area contributed by atoms with E-state index in [1.807, 2.05) is 6.07 Å². The summed E-state index contributed by atoms with van der Waals surface area (Å²) in [5.74, 6) is 0.322. The van der Waals surface area contributed by atoms with Crippen molar-refractivity contribution in [2.75, 3.05) is 7.11 Å². The van der Waals surface area contributed by atoms with Crippen molar-refractivity contribution in [2.24, 2.45) is 0 Å². The summed E-state index contributed by atoms with van der Waals surface area (Å²) in [4.78, 5) is 0. The third-order valence-corrected chi connectivity index (χ3v) is 2.19. The van der Waals surface area contributed by atoms with Crippen LogP contribution >= 0.6 is 48.8 Å². The SMILES string of the molecule is CCCCC(Cl)OC.Cl.Cl.Cl.Oc1ccccc1. The fourth-order valence-electron chi connectivity index (χ4n) is 0.910. The topological polar surface area (TPSA) is 29.5 Å². The third kappa shape index (κ3) is 18.5. The first kappa shape index (κ1) is 26.7. The number of phenols is 1. The number of phenolic OH excluding ortho intramolecular Hbond substituents is 1. The quantitative estimate of drug-likeness (QED) is 0.778. The van der Waals surface area contributed by atoms with E-state index in [1.54, 1.807) is 31.4 Å². The molecule has 1 aromatic carbocycles. The summed E-state index contributed by atoms with van der Waals surface area (Å²) in [5, 5.41) is 8.63. The summed E-state index contributed by atoms with van der Waals surface area (Å²) in [6, 6.07) is 8.71. The van der Waals surface area contributed by atoms with Crippen LogP contribution in [0.4, 0.5) is 0 Å². The number of aromatic hydroxyl groups is 1. The van der Waals surface area contributed by atoms with E-state index in [9.17, 15) is 0 Å². The highest BCUT2D eigenvalue weighted by atomic mass is 35.5. The molecule has 1 unspecified atom stereocenters. The van der Waals surface area contributed by atoms with Gasteiger partial charge in [0, 0.05) is 7.11 Å². The van der Waals surface area contributed by atoms with E-state index in [2.05, 4.69) is 6.92 Å². The average Bonchev–Trinajstić information content (AvgIpc) is 2.28. The van der Waals surface area contributed by atoms with E-state index in [0.29, 0.717) is 5.75 Å². The van der Waals surface area contributed by atoms with Crippen molar-refractivity contribution >= 4 is 48.8 Å². The lowest BCUT2D eigenvalue weighted by molar-refractivity contribution is 0.158. The molecule has 0 aliphatic rings. The fraction of sp³-hybridized carbons (Fsp3) is 0.500. The fourth-order valence-corrected chi connectivity index (χ4v) is 1.06. The molecular formula is C12H22Cl4O2. The molecule has 0 heterocycles. The van der Waals surface area contributed by atoms with Crippen molar-refractivity contribution in [1.29, 1.82) is 0 Å². The van der Waals surface area contributed by atoms with Gasteiger partial charge < -0.3 is 9.84 Å². The molecule has 1 aromatic rings. The van der Waals surface area contributed by atoms with Crippen LogP contribution in [0.25, 0.3) is 0 Å². The van der Waals surface area contributed by atoms with E-state index >= 15 is 0 Å². The number of rotatable bonds is 4. The van der Waals surface area contributed by atoms with Gasteiger partial charge >= 0.3 is 0 Å². The first-order valence-electron chi connectivity index (χ1n) is 5.11. The minimum absolute atomic E-state index is 0. The van der Waals surface area contributed by atoms with Crippen molar-refractivity contribution in [1.82, 2.24) is 0 Å². The molecule has 0 amide bonds. The molecule has 0 aliphatic heterocycles. The zero-order chi connectivity index (χ0) is 11.5. The summed E-state index contributed by atoms with van der Waals surface area (Å²) < 4.78 is 4.82. The maximum Gasteiger partial charge on any atom is 0.130 e. The van der Waals surface area contributed by atoms with Crippen LogP contribution in [0.1, 0.15) is 26.2 Å². The predicted molar refractivity (Wildman–Crippen MR) is 86.0 cm³/mol. The zero-order valence-corrected chi connectivity index (χ0v) is 13.7. The summed E-state index contributed by atoms with van der Waals surface area (Å²) in [6.07, 6.45) is 3.31. The molecule has 18 heavy (non-hydrogen) atoms. The third-order valence-electron chi connectivity index (χ3n) is 1.80. The van der Waals surface area contributed by atoms with Gasteiger partial charge in [0.05, 0.1) is 0 Å². The molecule has 1 rings (SSSR count). The van der Waals surface area contributed by atoms with Crippen LogP contribution < -0.4 is 0 Å². The Morgan fingerprint density at radius 3 is 1.94 bits per heavy atom. The molecule has 0 fully saturated rings. The second kappa shape index (κ2) is 19.5. The van der Waals surface area contributed by atoms with E-state index in [-0.39, 0.29) is 42.8 Å². The first-order valence-corrected chi connectivity index (χ1v) is 5.55. The van der Waals surface area contributed by atoms with Gasteiger partial charge in [0.1, 0.15) is 11.3 Å². The predicted octanol–water partition coefficient (Wildman–Crippen LogP) is 5.05. The molecule has 0 aromatic heterocycles. The summed E-state index contributed by atoms with van der Waals surface area (Å²) >= 11 is 5.62. The number of ether oxygens (including phenoxy) is 1. The molecule has 2 nitrogen and oxygen atoms in total. The first-order chi connectivity index (χ1) is 7.20. The highest BCUT2D eigenvalue weighted by molar-refractivity contribution is 6.19. The van der Waals surface area contributed by atoms with Crippen LogP contribution in [0.15, 0.2) is 30.3 Å². The van der Waals surface area contributed by atoms with Gasteiger partial charge in [-0.3, -0.25) is 0 Å². The van der Waals surface area contributed by atoms with Crippen molar-refractivity contribution in [3.8, 4) is 5.75 Å². The van der Waals surface area contributed by atoms with Gasteiger partial charge in [0.2, 0.25) is 0 Å². The Morgan fingerprint density at radius 2 is 1.67 bits per heavy atom. The van der Waals surface area contributed by atoms with Gasteiger partial charge in [-0.05, 0) is 25.0 Å². The molecular weight excluding hydrogens is 318 g/mol. The molecule has 0 spiro atoms. The lowest BCUT2D eigenvalue weighted by atomic mass is 10.3. The van der Waals surface area contributed by atoms with Crippen LogP contribution in [0.3, 0.4) is 0 Å². The Hall–Kier alpha value is 0.140. The van der Waals surface area contributed by atoms with Gasteiger partial charge in [0.15, 0.2) is 0 Å².